The molecule has 0 aliphatic heterocycles. The number of rotatable bonds is 4. The molecule has 1 heterocycles. The van der Waals surface area contributed by atoms with Crippen molar-refractivity contribution in [1.29, 1.82) is 0 Å². The predicted octanol–water partition coefficient (Wildman–Crippen LogP) is -0.0491. The lowest BCUT2D eigenvalue weighted by molar-refractivity contribution is 0.599. The molecule has 1 aromatic rings. The third-order valence-corrected chi connectivity index (χ3v) is 2.39. The lowest BCUT2D eigenvalue weighted by atomic mass is 10.3. The standard InChI is InChI=1S/C8H14N4O2S/c1-3-4-6-10-7(5-15(2,13)14)12-8(9)11-6/h3-5H2,1-2H3,(H2,9,10,11,12). The number of sulfone groups is 1. The van der Waals surface area contributed by atoms with Gasteiger partial charge < -0.3 is 5.73 Å². The average Bonchev–Trinajstić information content (AvgIpc) is 1.99. The van der Waals surface area contributed by atoms with Crippen molar-refractivity contribution in [2.24, 2.45) is 0 Å². The Morgan fingerprint density at radius 2 is 1.80 bits per heavy atom. The largest absolute Gasteiger partial charge is 0.368 e. The normalized spacial score (nSPS) is 11.6. The zero-order chi connectivity index (χ0) is 11.5. The summed E-state index contributed by atoms with van der Waals surface area (Å²) in [6.07, 6.45) is 2.68. The Morgan fingerprint density at radius 3 is 2.33 bits per heavy atom. The Kier molecular flexibility index (Phi) is 3.57. The molecule has 0 saturated heterocycles. The third kappa shape index (κ3) is 4.20. The van der Waals surface area contributed by atoms with Gasteiger partial charge in [0.25, 0.3) is 0 Å². The molecule has 0 amide bonds. The predicted molar refractivity (Wildman–Crippen MR) is 56.8 cm³/mol. The number of anilines is 1. The molecule has 2 N–H and O–H groups in total. The molecular formula is C8H14N4O2S. The van der Waals surface area contributed by atoms with Crippen molar-refractivity contribution in [2.75, 3.05) is 12.0 Å². The fourth-order valence-corrected chi connectivity index (χ4v) is 1.72. The van der Waals surface area contributed by atoms with E-state index in [9.17, 15) is 8.42 Å². The van der Waals surface area contributed by atoms with Crippen molar-refractivity contribution in [3.63, 3.8) is 0 Å². The van der Waals surface area contributed by atoms with Crippen LogP contribution in [-0.2, 0) is 22.0 Å². The molecular weight excluding hydrogens is 216 g/mol. The van der Waals surface area contributed by atoms with Crippen LogP contribution in [0, 0.1) is 0 Å². The molecule has 0 unspecified atom stereocenters. The van der Waals surface area contributed by atoms with Crippen LogP contribution in [0.2, 0.25) is 0 Å². The minimum atomic E-state index is -3.13. The van der Waals surface area contributed by atoms with Crippen LogP contribution in [0.1, 0.15) is 25.0 Å². The molecule has 0 atom stereocenters. The Labute approximate surface area is 88.9 Å². The summed E-state index contributed by atoms with van der Waals surface area (Å²) in [5.74, 6) is 0.639. The molecule has 0 fully saturated rings. The highest BCUT2D eigenvalue weighted by atomic mass is 32.2. The van der Waals surface area contributed by atoms with Crippen molar-refractivity contribution in [2.45, 2.75) is 25.5 Å². The summed E-state index contributed by atoms with van der Waals surface area (Å²) >= 11 is 0. The van der Waals surface area contributed by atoms with Gasteiger partial charge in [-0.3, -0.25) is 0 Å². The minimum Gasteiger partial charge on any atom is -0.368 e. The molecule has 0 spiro atoms. The number of aromatic nitrogens is 3. The average molecular weight is 230 g/mol. The summed E-state index contributed by atoms with van der Waals surface area (Å²) in [4.78, 5) is 11.7. The molecule has 0 bridgehead atoms. The van der Waals surface area contributed by atoms with E-state index in [4.69, 9.17) is 5.73 Å². The van der Waals surface area contributed by atoms with Crippen LogP contribution < -0.4 is 5.73 Å². The number of hydrogen-bond acceptors (Lipinski definition) is 6. The van der Waals surface area contributed by atoms with Gasteiger partial charge in [0, 0.05) is 12.7 Å². The maximum absolute atomic E-state index is 11.0. The van der Waals surface area contributed by atoms with E-state index in [2.05, 4.69) is 15.0 Å². The highest BCUT2D eigenvalue weighted by molar-refractivity contribution is 7.89. The summed E-state index contributed by atoms with van der Waals surface area (Å²) in [6.45, 7) is 1.98. The Morgan fingerprint density at radius 1 is 1.20 bits per heavy atom. The van der Waals surface area contributed by atoms with E-state index in [-0.39, 0.29) is 17.5 Å². The van der Waals surface area contributed by atoms with Crippen LogP contribution in [0.3, 0.4) is 0 Å². The topological polar surface area (TPSA) is 98.8 Å². The van der Waals surface area contributed by atoms with Crippen LogP contribution >= 0.6 is 0 Å². The summed E-state index contributed by atoms with van der Waals surface area (Å²) in [6, 6.07) is 0. The molecule has 15 heavy (non-hydrogen) atoms. The second kappa shape index (κ2) is 4.52. The summed E-state index contributed by atoms with van der Waals surface area (Å²) in [5.41, 5.74) is 5.45. The van der Waals surface area contributed by atoms with Gasteiger partial charge in [0.1, 0.15) is 17.4 Å². The summed E-state index contributed by atoms with van der Waals surface area (Å²) in [7, 11) is -3.13. The van der Waals surface area contributed by atoms with Gasteiger partial charge in [-0.2, -0.15) is 9.97 Å². The maximum Gasteiger partial charge on any atom is 0.223 e. The number of nitrogen functional groups attached to an aromatic ring is 1. The zero-order valence-corrected chi connectivity index (χ0v) is 9.58. The first kappa shape index (κ1) is 11.8. The molecule has 0 aliphatic rings. The number of aryl methyl sites for hydroxylation is 1. The van der Waals surface area contributed by atoms with E-state index in [1.54, 1.807) is 0 Å². The summed E-state index contributed by atoms with van der Waals surface area (Å²) < 4.78 is 22.1. The van der Waals surface area contributed by atoms with Crippen molar-refractivity contribution in [3.05, 3.63) is 11.6 Å². The molecule has 0 aliphatic carbocycles. The van der Waals surface area contributed by atoms with E-state index in [0.717, 1.165) is 12.7 Å². The molecule has 0 saturated carbocycles. The second-order valence-electron chi connectivity index (χ2n) is 3.35. The second-order valence-corrected chi connectivity index (χ2v) is 5.49. The first-order valence-corrected chi connectivity index (χ1v) is 6.64. The van der Waals surface area contributed by atoms with Gasteiger partial charge in [-0.25, -0.2) is 13.4 Å². The number of nitrogens with two attached hydrogens (primary N) is 1. The van der Waals surface area contributed by atoms with Crippen molar-refractivity contribution >= 4 is 15.8 Å². The van der Waals surface area contributed by atoms with Gasteiger partial charge >= 0.3 is 0 Å². The minimum absolute atomic E-state index is 0.0760. The van der Waals surface area contributed by atoms with Gasteiger partial charge in [0.2, 0.25) is 5.95 Å². The molecule has 7 heteroatoms. The summed E-state index contributed by atoms with van der Waals surface area (Å²) in [5, 5.41) is 0. The molecule has 0 radical (unpaired) electrons. The Bertz CT molecular complexity index is 444. The number of hydrogen-bond donors (Lipinski definition) is 1. The van der Waals surface area contributed by atoms with Gasteiger partial charge in [0.05, 0.1) is 0 Å². The van der Waals surface area contributed by atoms with Crippen molar-refractivity contribution in [1.82, 2.24) is 15.0 Å². The fraction of sp³-hybridized carbons (Fsp3) is 0.625. The van der Waals surface area contributed by atoms with Gasteiger partial charge in [0.15, 0.2) is 9.84 Å². The smallest absolute Gasteiger partial charge is 0.223 e. The Hall–Kier alpha value is -1.24. The first-order chi connectivity index (χ1) is 6.90. The maximum atomic E-state index is 11.0. The van der Waals surface area contributed by atoms with Crippen LogP contribution in [0.5, 0.6) is 0 Å². The van der Waals surface area contributed by atoms with Crippen LogP contribution in [0.15, 0.2) is 0 Å². The van der Waals surface area contributed by atoms with Crippen LogP contribution in [0.25, 0.3) is 0 Å². The highest BCUT2D eigenvalue weighted by Crippen LogP contribution is 2.03. The van der Waals surface area contributed by atoms with Crippen LogP contribution in [0.4, 0.5) is 5.95 Å². The van der Waals surface area contributed by atoms with Crippen molar-refractivity contribution in [3.8, 4) is 0 Å². The third-order valence-electron chi connectivity index (χ3n) is 1.61. The van der Waals surface area contributed by atoms with Crippen LogP contribution in [-0.4, -0.2) is 29.6 Å². The van der Waals surface area contributed by atoms with Gasteiger partial charge in [-0.05, 0) is 6.42 Å². The fourth-order valence-electron chi connectivity index (χ4n) is 1.12. The monoisotopic (exact) mass is 230 g/mol. The van der Waals surface area contributed by atoms with E-state index < -0.39 is 9.84 Å². The lowest BCUT2D eigenvalue weighted by Gasteiger charge is -2.02. The first-order valence-electron chi connectivity index (χ1n) is 4.57. The SMILES string of the molecule is CCCc1nc(N)nc(CS(C)(=O)=O)n1. The van der Waals surface area contributed by atoms with E-state index in [1.807, 2.05) is 6.92 Å². The molecule has 0 aromatic carbocycles. The van der Waals surface area contributed by atoms with E-state index in [1.165, 1.54) is 0 Å². The van der Waals surface area contributed by atoms with Gasteiger partial charge in [-0.1, -0.05) is 6.92 Å². The number of nitrogens with zero attached hydrogens (tertiary/aromatic N) is 3. The molecule has 6 nitrogen and oxygen atoms in total. The quantitative estimate of drug-likeness (QED) is 0.778. The molecule has 1 rings (SSSR count). The zero-order valence-electron chi connectivity index (χ0n) is 8.77. The van der Waals surface area contributed by atoms with E-state index >= 15 is 0 Å². The van der Waals surface area contributed by atoms with Gasteiger partial charge in [-0.15, -0.1) is 0 Å². The molecule has 1 aromatic heterocycles. The molecule has 84 valence electrons. The highest BCUT2D eigenvalue weighted by Gasteiger charge is 2.10. The van der Waals surface area contributed by atoms with Crippen molar-refractivity contribution < 1.29 is 8.42 Å². The van der Waals surface area contributed by atoms with E-state index in [0.29, 0.717) is 12.2 Å². The Balaban J connectivity index is 2.98. The lowest BCUT2D eigenvalue weighted by Crippen LogP contribution is -2.11.